The molecule has 0 atom stereocenters. The Bertz CT molecular complexity index is 558. The number of hydrogen-bond acceptors (Lipinski definition) is 3. The number of rotatable bonds is 3. The van der Waals surface area contributed by atoms with Crippen molar-refractivity contribution >= 4 is 10.8 Å². The second kappa shape index (κ2) is 8.21. The van der Waals surface area contributed by atoms with E-state index in [9.17, 15) is 18.3 Å². The van der Waals surface area contributed by atoms with E-state index in [2.05, 4.69) is 0 Å². The van der Waals surface area contributed by atoms with E-state index >= 15 is 0 Å². The summed E-state index contributed by atoms with van der Waals surface area (Å²) in [4.78, 5) is 0. The van der Waals surface area contributed by atoms with Crippen molar-refractivity contribution in [2.75, 3.05) is 6.61 Å². The minimum atomic E-state index is -4.21. The molecule has 104 valence electrons. The molecule has 3 nitrogen and oxygen atoms in total. The fourth-order valence-electron chi connectivity index (χ4n) is 1.59. The van der Waals surface area contributed by atoms with Gasteiger partial charge in [0.05, 0.1) is 13.0 Å². The smallest absolute Gasteiger partial charge is 0.870 e. The van der Waals surface area contributed by atoms with Crippen molar-refractivity contribution < 1.29 is 79.9 Å². The molecule has 2 aromatic carbocycles. The molecule has 7 heteroatoms. The van der Waals surface area contributed by atoms with E-state index in [1.165, 1.54) is 6.07 Å². The summed E-state index contributed by atoms with van der Waals surface area (Å²) in [5, 5.41) is 10.9. The Balaban J connectivity index is 0.00000180. The van der Waals surface area contributed by atoms with Gasteiger partial charge < -0.3 is 15.3 Å². The van der Waals surface area contributed by atoms with E-state index in [-0.39, 0.29) is 62.6 Å². The van der Waals surface area contributed by atoms with Gasteiger partial charge in [0, 0.05) is 0 Å². The molecule has 0 saturated heterocycles. The van der Waals surface area contributed by atoms with Crippen molar-refractivity contribution in [1.29, 1.82) is 0 Å². The summed E-state index contributed by atoms with van der Waals surface area (Å²) >= 11 is 0. The van der Waals surface area contributed by atoms with Crippen molar-refractivity contribution in [2.45, 2.75) is 12.6 Å². The van der Waals surface area contributed by atoms with Gasteiger partial charge in [-0.15, -0.1) is 0 Å². The van der Waals surface area contributed by atoms with Crippen LogP contribution in [0.15, 0.2) is 36.4 Å². The zero-order valence-corrected chi connectivity index (χ0v) is 13.9. The van der Waals surface area contributed by atoms with Crippen molar-refractivity contribution in [2.24, 2.45) is 0 Å². The number of phenols is 1. The van der Waals surface area contributed by atoms with Crippen LogP contribution in [-0.4, -0.2) is 23.4 Å². The van der Waals surface area contributed by atoms with Crippen LogP contribution in [0.4, 0.5) is 13.2 Å². The molecule has 2 aromatic rings. The van der Waals surface area contributed by atoms with E-state index in [1.807, 2.05) is 0 Å². The molecule has 0 aromatic heterocycles. The molecule has 0 saturated carbocycles. The normalized spacial score (nSPS) is 10.6. The molecule has 2 rings (SSSR count). The Hall–Kier alpha value is -0.314. The number of alkyl halides is 3. The Labute approximate surface area is 156 Å². The van der Waals surface area contributed by atoms with Crippen LogP contribution < -0.4 is 56.1 Å². The van der Waals surface area contributed by atoms with Crippen LogP contribution in [0.5, 0.6) is 11.5 Å². The second-order valence-corrected chi connectivity index (χ2v) is 3.91. The van der Waals surface area contributed by atoms with Crippen LogP contribution in [0.25, 0.3) is 10.8 Å². The van der Waals surface area contributed by atoms with Gasteiger partial charge in [0.15, 0.2) is 0 Å². The first-order valence-corrected chi connectivity index (χ1v) is 5.36. The molecule has 0 spiro atoms. The molecule has 2 N–H and O–H groups in total. The molecule has 0 aliphatic rings. The van der Waals surface area contributed by atoms with Gasteiger partial charge in [0.25, 0.3) is 0 Å². The molecule has 0 aliphatic heterocycles. The minimum absolute atomic E-state index is 0. The second-order valence-electron chi connectivity index (χ2n) is 3.91. The molecular formula is C13H12F3KO3. The number of benzene rings is 2. The van der Waals surface area contributed by atoms with Crippen LogP contribution in [0.2, 0.25) is 0 Å². The van der Waals surface area contributed by atoms with Crippen molar-refractivity contribution in [1.82, 2.24) is 0 Å². The quantitative estimate of drug-likeness (QED) is 0.849. The third-order valence-electron chi connectivity index (χ3n) is 2.45. The molecule has 0 amide bonds. The summed E-state index contributed by atoms with van der Waals surface area (Å²) < 4.78 is 40.9. The number of hydrogen-bond donors (Lipinski definition) is 1. The summed E-state index contributed by atoms with van der Waals surface area (Å²) in [6, 6.07) is 9.69. The fraction of sp³-hybridized carbons (Fsp3) is 0.231. The predicted molar refractivity (Wildman–Crippen MR) is 63.7 cm³/mol. The van der Waals surface area contributed by atoms with E-state index in [1.54, 1.807) is 30.3 Å². The number of aromatic hydroxyl groups is 1. The van der Waals surface area contributed by atoms with Crippen molar-refractivity contribution in [3.05, 3.63) is 36.4 Å². The average Bonchev–Trinajstić information content (AvgIpc) is 2.27. The summed E-state index contributed by atoms with van der Waals surface area (Å²) in [5.41, 5.74) is 0. The molecular weight excluding hydrogens is 300 g/mol. The predicted octanol–water partition coefficient (Wildman–Crippen LogP) is 0.704. The van der Waals surface area contributed by atoms with Gasteiger partial charge in [-0.2, -0.15) is 13.2 Å². The van der Waals surface area contributed by atoms with Gasteiger partial charge in [-0.3, -0.25) is 0 Å². The van der Waals surface area contributed by atoms with Gasteiger partial charge in [0.1, 0.15) is 11.5 Å². The van der Waals surface area contributed by atoms with Gasteiger partial charge in [-0.05, 0) is 35.0 Å². The van der Waals surface area contributed by atoms with Crippen LogP contribution in [0, 0.1) is 0 Å². The van der Waals surface area contributed by atoms with E-state index in [0.717, 1.165) is 10.8 Å². The maximum atomic E-state index is 11.9. The number of ether oxygens (including phenoxy) is 1. The van der Waals surface area contributed by atoms with Gasteiger partial charge in [-0.1, -0.05) is 12.1 Å². The first-order valence-electron chi connectivity index (χ1n) is 5.36. The largest absolute Gasteiger partial charge is 1.00 e. The summed E-state index contributed by atoms with van der Waals surface area (Å²) in [6.45, 7) is -0.396. The maximum absolute atomic E-state index is 11.9. The molecule has 0 radical (unpaired) electrons. The van der Waals surface area contributed by atoms with Crippen LogP contribution in [0.1, 0.15) is 6.42 Å². The third-order valence-corrected chi connectivity index (χ3v) is 2.45. The van der Waals surface area contributed by atoms with Gasteiger partial charge >= 0.3 is 57.6 Å². The first-order chi connectivity index (χ1) is 8.44. The van der Waals surface area contributed by atoms with E-state index < -0.39 is 19.2 Å². The van der Waals surface area contributed by atoms with E-state index in [0.29, 0.717) is 5.75 Å². The Morgan fingerprint density at radius 3 is 2.25 bits per heavy atom. The fourth-order valence-corrected chi connectivity index (χ4v) is 1.59. The summed E-state index contributed by atoms with van der Waals surface area (Å²) in [6.07, 6.45) is -5.18. The van der Waals surface area contributed by atoms with Gasteiger partial charge in [-0.25, -0.2) is 0 Å². The Kier molecular flexibility index (Phi) is 8.08. The molecule has 20 heavy (non-hydrogen) atoms. The SMILES string of the molecule is Oc1ccc2cc(OCCC(F)(F)F)ccc2c1.[K+].[OH-]. The monoisotopic (exact) mass is 312 g/mol. The zero-order valence-electron chi connectivity index (χ0n) is 10.8. The zero-order chi connectivity index (χ0) is 13.2. The Morgan fingerprint density at radius 2 is 1.60 bits per heavy atom. The summed E-state index contributed by atoms with van der Waals surface area (Å²) in [7, 11) is 0. The molecule has 0 bridgehead atoms. The van der Waals surface area contributed by atoms with Crippen molar-refractivity contribution in [3.63, 3.8) is 0 Å². The molecule has 0 unspecified atom stereocenters. The third kappa shape index (κ3) is 5.98. The number of fused-ring (bicyclic) bond motifs is 1. The van der Waals surface area contributed by atoms with Crippen LogP contribution >= 0.6 is 0 Å². The number of halogens is 3. The average molecular weight is 312 g/mol. The van der Waals surface area contributed by atoms with Crippen molar-refractivity contribution in [3.8, 4) is 11.5 Å². The first kappa shape index (κ1) is 19.7. The van der Waals surface area contributed by atoms with Gasteiger partial charge in [0.2, 0.25) is 0 Å². The van der Waals surface area contributed by atoms with Crippen LogP contribution in [-0.2, 0) is 0 Å². The maximum Gasteiger partial charge on any atom is 1.00 e. The summed E-state index contributed by atoms with van der Waals surface area (Å²) in [5.74, 6) is 0.533. The number of phenolic OH excluding ortho intramolecular Hbond substituents is 1. The van der Waals surface area contributed by atoms with Crippen LogP contribution in [0.3, 0.4) is 0 Å². The molecule has 0 aliphatic carbocycles. The minimum Gasteiger partial charge on any atom is -0.870 e. The standard InChI is InChI=1S/C13H11F3O2.K.H2O/c14-13(15,16)5-6-18-12-4-2-9-7-11(17)3-1-10(9)8-12;;/h1-4,7-8,17H,5-6H2;;1H2/q;+1;/p-1. The molecule has 0 heterocycles. The van der Waals surface area contributed by atoms with E-state index in [4.69, 9.17) is 4.74 Å². The Morgan fingerprint density at radius 1 is 1.00 bits per heavy atom. The molecule has 0 fully saturated rings. The topological polar surface area (TPSA) is 59.5 Å².